The molecule has 0 radical (unpaired) electrons. The monoisotopic (exact) mass is 287 g/mol. The molecule has 22 heavy (non-hydrogen) atoms. The van der Waals surface area contributed by atoms with Crippen molar-refractivity contribution in [2.45, 2.75) is 13.8 Å². The summed E-state index contributed by atoms with van der Waals surface area (Å²) in [6.07, 6.45) is 0. The average Bonchev–Trinajstić information content (AvgIpc) is 2.88. The zero-order valence-electron chi connectivity index (χ0n) is 12.7. The van der Waals surface area contributed by atoms with E-state index in [-0.39, 0.29) is 0 Å². The molecule has 0 saturated carbocycles. The van der Waals surface area contributed by atoms with E-state index in [2.05, 4.69) is 38.1 Å². The van der Waals surface area contributed by atoms with Crippen LogP contribution in [0.5, 0.6) is 0 Å². The zero-order valence-corrected chi connectivity index (χ0v) is 12.7. The summed E-state index contributed by atoms with van der Waals surface area (Å²) in [7, 11) is 0. The maximum absolute atomic E-state index is 6.36. The van der Waals surface area contributed by atoms with Gasteiger partial charge >= 0.3 is 0 Å². The molecule has 0 atom stereocenters. The predicted octanol–water partition coefficient (Wildman–Crippen LogP) is 5.45. The van der Waals surface area contributed by atoms with Crippen molar-refractivity contribution in [3.8, 4) is 11.1 Å². The number of aryl methyl sites for hydroxylation is 2. The average molecular weight is 287 g/mol. The van der Waals surface area contributed by atoms with Crippen molar-refractivity contribution in [1.82, 2.24) is 0 Å². The van der Waals surface area contributed by atoms with Crippen LogP contribution in [0.1, 0.15) is 11.1 Å². The van der Waals surface area contributed by atoms with Gasteiger partial charge in [0.15, 0.2) is 0 Å². The third-order valence-corrected chi connectivity index (χ3v) is 4.31. The molecule has 4 aromatic rings. The number of nitrogens with two attached hydrogens (primary N) is 1. The lowest BCUT2D eigenvalue weighted by Crippen LogP contribution is -1.95. The Kier molecular flexibility index (Phi) is 2.73. The number of nitrogen functional groups attached to an aromatic ring is 1. The van der Waals surface area contributed by atoms with Gasteiger partial charge in [0, 0.05) is 22.0 Å². The Balaban J connectivity index is 2.24. The minimum absolute atomic E-state index is 0.788. The summed E-state index contributed by atoms with van der Waals surface area (Å²) in [6.45, 7) is 4.26. The quantitative estimate of drug-likeness (QED) is 0.473. The summed E-state index contributed by atoms with van der Waals surface area (Å²) in [5, 5.41) is 2.22. The Morgan fingerprint density at radius 3 is 2.23 bits per heavy atom. The van der Waals surface area contributed by atoms with Crippen molar-refractivity contribution in [3.63, 3.8) is 0 Å². The number of para-hydroxylation sites is 1. The molecule has 0 aliphatic carbocycles. The van der Waals surface area contributed by atoms with Gasteiger partial charge in [-0.25, -0.2) is 0 Å². The Labute approximate surface area is 129 Å². The van der Waals surface area contributed by atoms with Crippen molar-refractivity contribution in [1.29, 1.82) is 0 Å². The highest BCUT2D eigenvalue weighted by atomic mass is 16.3. The van der Waals surface area contributed by atoms with Crippen molar-refractivity contribution >= 4 is 27.6 Å². The van der Waals surface area contributed by atoms with Gasteiger partial charge in [-0.3, -0.25) is 0 Å². The number of furan rings is 1. The minimum Gasteiger partial charge on any atom is -0.456 e. The molecule has 0 amide bonds. The number of anilines is 1. The molecular formula is C20H17NO. The molecule has 2 nitrogen and oxygen atoms in total. The molecule has 0 unspecified atom stereocenters. The van der Waals surface area contributed by atoms with Gasteiger partial charge < -0.3 is 10.2 Å². The van der Waals surface area contributed by atoms with Crippen LogP contribution in [0.4, 0.5) is 5.69 Å². The normalized spacial score (nSPS) is 11.4. The molecule has 108 valence electrons. The Bertz CT molecular complexity index is 991. The van der Waals surface area contributed by atoms with E-state index in [0.29, 0.717) is 0 Å². The number of hydrogen-bond donors (Lipinski definition) is 1. The van der Waals surface area contributed by atoms with Gasteiger partial charge in [0.2, 0.25) is 0 Å². The predicted molar refractivity (Wildman–Crippen MR) is 93.0 cm³/mol. The summed E-state index contributed by atoms with van der Waals surface area (Å²) in [6, 6.07) is 18.4. The molecule has 0 bridgehead atoms. The first-order valence-corrected chi connectivity index (χ1v) is 7.43. The number of fused-ring (bicyclic) bond motifs is 3. The second-order valence-corrected chi connectivity index (χ2v) is 5.77. The van der Waals surface area contributed by atoms with Crippen LogP contribution in [0, 0.1) is 13.8 Å². The van der Waals surface area contributed by atoms with Gasteiger partial charge in [0.25, 0.3) is 0 Å². The van der Waals surface area contributed by atoms with Gasteiger partial charge in [-0.05, 0) is 48.7 Å². The first kappa shape index (κ1) is 13.0. The van der Waals surface area contributed by atoms with Crippen molar-refractivity contribution in [2.24, 2.45) is 0 Å². The van der Waals surface area contributed by atoms with Crippen LogP contribution in [0.15, 0.2) is 59.0 Å². The molecule has 0 aliphatic heterocycles. The van der Waals surface area contributed by atoms with E-state index < -0.39 is 0 Å². The fraction of sp³-hybridized carbons (Fsp3) is 0.100. The maximum atomic E-state index is 6.36. The van der Waals surface area contributed by atoms with E-state index in [0.717, 1.165) is 33.2 Å². The van der Waals surface area contributed by atoms with Gasteiger partial charge in [-0.2, -0.15) is 0 Å². The van der Waals surface area contributed by atoms with Crippen molar-refractivity contribution in [3.05, 3.63) is 65.7 Å². The van der Waals surface area contributed by atoms with Crippen LogP contribution in [-0.2, 0) is 0 Å². The molecule has 1 aromatic heterocycles. The van der Waals surface area contributed by atoms with Crippen LogP contribution in [0.25, 0.3) is 33.1 Å². The number of benzene rings is 3. The summed E-state index contributed by atoms with van der Waals surface area (Å²) in [5.41, 5.74) is 13.7. The maximum Gasteiger partial charge on any atom is 0.136 e. The van der Waals surface area contributed by atoms with Crippen LogP contribution >= 0.6 is 0 Å². The first-order valence-electron chi connectivity index (χ1n) is 7.43. The summed E-state index contributed by atoms with van der Waals surface area (Å²) >= 11 is 0. The number of rotatable bonds is 1. The van der Waals surface area contributed by atoms with Crippen molar-refractivity contribution in [2.75, 3.05) is 5.73 Å². The minimum atomic E-state index is 0.788. The third kappa shape index (κ3) is 1.74. The van der Waals surface area contributed by atoms with E-state index in [4.69, 9.17) is 10.2 Å². The first-order chi connectivity index (χ1) is 10.7. The summed E-state index contributed by atoms with van der Waals surface area (Å²) in [5.74, 6) is 0. The molecule has 2 N–H and O–H groups in total. The smallest absolute Gasteiger partial charge is 0.136 e. The highest BCUT2D eigenvalue weighted by Gasteiger charge is 2.17. The SMILES string of the molecule is Cc1cccc(C)c1-c1c(N)ccc2oc3ccccc3c12. The molecule has 1 heterocycles. The van der Waals surface area contributed by atoms with E-state index in [1.54, 1.807) is 0 Å². The lowest BCUT2D eigenvalue weighted by Gasteiger charge is -2.13. The standard InChI is InChI=1S/C20H17NO/c1-12-6-5-7-13(2)18(12)20-15(21)10-11-17-19(20)14-8-3-4-9-16(14)22-17/h3-11H,21H2,1-2H3. The van der Waals surface area contributed by atoms with Gasteiger partial charge in [0.05, 0.1) is 0 Å². The Morgan fingerprint density at radius 2 is 1.45 bits per heavy atom. The molecule has 4 rings (SSSR count). The Morgan fingerprint density at radius 1 is 0.727 bits per heavy atom. The van der Waals surface area contributed by atoms with E-state index in [1.807, 2.05) is 30.3 Å². The fourth-order valence-electron chi connectivity index (χ4n) is 3.31. The van der Waals surface area contributed by atoms with E-state index in [1.165, 1.54) is 16.7 Å². The highest BCUT2D eigenvalue weighted by Crippen LogP contribution is 2.42. The second kappa shape index (κ2) is 4.63. The molecular weight excluding hydrogens is 270 g/mol. The molecule has 2 heteroatoms. The van der Waals surface area contributed by atoms with E-state index >= 15 is 0 Å². The third-order valence-electron chi connectivity index (χ3n) is 4.31. The van der Waals surface area contributed by atoms with Gasteiger partial charge in [0.1, 0.15) is 11.2 Å². The lowest BCUT2D eigenvalue weighted by atomic mass is 9.91. The van der Waals surface area contributed by atoms with Crippen LogP contribution in [-0.4, -0.2) is 0 Å². The molecule has 0 fully saturated rings. The van der Waals surface area contributed by atoms with Crippen LogP contribution < -0.4 is 5.73 Å². The van der Waals surface area contributed by atoms with Gasteiger partial charge in [-0.1, -0.05) is 36.4 Å². The largest absolute Gasteiger partial charge is 0.456 e. The fourth-order valence-corrected chi connectivity index (χ4v) is 3.31. The van der Waals surface area contributed by atoms with Gasteiger partial charge in [-0.15, -0.1) is 0 Å². The molecule has 0 saturated heterocycles. The summed E-state index contributed by atoms with van der Waals surface area (Å²) in [4.78, 5) is 0. The van der Waals surface area contributed by atoms with Crippen molar-refractivity contribution < 1.29 is 4.42 Å². The number of hydrogen-bond acceptors (Lipinski definition) is 2. The Hall–Kier alpha value is -2.74. The van der Waals surface area contributed by atoms with Crippen LogP contribution in [0.3, 0.4) is 0 Å². The lowest BCUT2D eigenvalue weighted by molar-refractivity contribution is 0.669. The molecule has 0 aliphatic rings. The van der Waals surface area contributed by atoms with E-state index in [9.17, 15) is 0 Å². The second-order valence-electron chi connectivity index (χ2n) is 5.77. The topological polar surface area (TPSA) is 39.2 Å². The summed E-state index contributed by atoms with van der Waals surface area (Å²) < 4.78 is 5.99. The van der Waals surface area contributed by atoms with Crippen LogP contribution in [0.2, 0.25) is 0 Å². The zero-order chi connectivity index (χ0) is 15.3. The molecule has 3 aromatic carbocycles. The molecule has 0 spiro atoms. The highest BCUT2D eigenvalue weighted by molar-refractivity contribution is 6.15.